The molecule has 2 rings (SSSR count). The van der Waals surface area contributed by atoms with E-state index in [1.807, 2.05) is 53.4 Å². The fourth-order valence-corrected chi connectivity index (χ4v) is 3.43. The van der Waals surface area contributed by atoms with E-state index in [0.717, 1.165) is 4.47 Å². The molecule has 25 heavy (non-hydrogen) atoms. The van der Waals surface area contributed by atoms with Crippen molar-refractivity contribution in [1.82, 2.24) is 9.80 Å². The lowest BCUT2D eigenvalue weighted by atomic mass is 10.2. The van der Waals surface area contributed by atoms with Crippen LogP contribution >= 0.6 is 27.7 Å². The van der Waals surface area contributed by atoms with E-state index in [4.69, 9.17) is 10.00 Å². The first-order valence-electron chi connectivity index (χ1n) is 8.05. The van der Waals surface area contributed by atoms with Crippen LogP contribution < -0.4 is 4.74 Å². The van der Waals surface area contributed by atoms with Gasteiger partial charge in [-0.05, 0) is 36.9 Å². The van der Waals surface area contributed by atoms with Crippen molar-refractivity contribution in [2.45, 2.75) is 19.4 Å². The maximum atomic E-state index is 12.8. The van der Waals surface area contributed by atoms with Crippen molar-refractivity contribution in [1.29, 1.82) is 5.26 Å². The summed E-state index contributed by atoms with van der Waals surface area (Å²) >= 11 is 4.83. The fraction of sp³-hybridized carbons (Fsp3) is 0.471. The van der Waals surface area contributed by atoms with Crippen LogP contribution in [0.4, 0.5) is 0 Å². The Morgan fingerprint density at radius 3 is 2.44 bits per heavy atom. The predicted molar refractivity (Wildman–Crippen MR) is 104 cm³/mol. The van der Waals surface area contributed by atoms with Gasteiger partial charge in [-0.15, -0.1) is 4.99 Å². The summed E-state index contributed by atoms with van der Waals surface area (Å²) in [6.07, 6.45) is 3.85. The third-order valence-electron chi connectivity index (χ3n) is 3.93. The van der Waals surface area contributed by atoms with Crippen LogP contribution in [0.1, 0.15) is 13.3 Å². The van der Waals surface area contributed by atoms with Gasteiger partial charge in [-0.2, -0.15) is 5.26 Å². The van der Waals surface area contributed by atoms with E-state index in [2.05, 4.69) is 20.9 Å². The largest absolute Gasteiger partial charge is 0.481 e. The monoisotopic (exact) mass is 424 g/mol. The number of amides is 1. The van der Waals surface area contributed by atoms with Crippen molar-refractivity contribution in [3.63, 3.8) is 0 Å². The SMILES string of the molecule is CCC(Oc1ccc(Br)cc1)C(=O)N1CCN(/C(=N/C#N)SC)CC1. The second-order valence-electron chi connectivity index (χ2n) is 5.48. The van der Waals surface area contributed by atoms with Crippen molar-refractivity contribution in [2.24, 2.45) is 4.99 Å². The second-order valence-corrected chi connectivity index (χ2v) is 7.17. The van der Waals surface area contributed by atoms with Crippen LogP contribution in [0.25, 0.3) is 0 Å². The Hall–Kier alpha value is -1.72. The molecule has 0 spiro atoms. The number of aliphatic imine (C=N–C) groups is 1. The van der Waals surface area contributed by atoms with Crippen LogP contribution in [0, 0.1) is 11.5 Å². The van der Waals surface area contributed by atoms with Gasteiger partial charge in [0, 0.05) is 30.7 Å². The van der Waals surface area contributed by atoms with Crippen LogP contribution in [0.15, 0.2) is 33.7 Å². The van der Waals surface area contributed by atoms with E-state index in [0.29, 0.717) is 43.5 Å². The summed E-state index contributed by atoms with van der Waals surface area (Å²) in [5.74, 6) is 0.695. The van der Waals surface area contributed by atoms with Gasteiger partial charge in [0.15, 0.2) is 11.3 Å². The second kappa shape index (κ2) is 9.68. The lowest BCUT2D eigenvalue weighted by Gasteiger charge is -2.37. The van der Waals surface area contributed by atoms with Crippen molar-refractivity contribution >= 4 is 38.8 Å². The molecule has 1 saturated heterocycles. The molecule has 8 heteroatoms. The van der Waals surface area contributed by atoms with Crippen molar-refractivity contribution in [3.05, 3.63) is 28.7 Å². The summed E-state index contributed by atoms with van der Waals surface area (Å²) in [6.45, 7) is 4.49. The number of thioether (sulfide) groups is 1. The Morgan fingerprint density at radius 1 is 1.32 bits per heavy atom. The Kier molecular flexibility index (Phi) is 7.59. The summed E-state index contributed by atoms with van der Waals surface area (Å²) in [7, 11) is 0. The number of hydrogen-bond acceptors (Lipinski definition) is 5. The zero-order valence-corrected chi connectivity index (χ0v) is 16.7. The van der Waals surface area contributed by atoms with Gasteiger partial charge >= 0.3 is 0 Å². The molecule has 1 fully saturated rings. The first-order valence-corrected chi connectivity index (χ1v) is 10.1. The molecular formula is C17H21BrN4O2S. The molecule has 1 aliphatic rings. The zero-order chi connectivity index (χ0) is 18.2. The lowest BCUT2D eigenvalue weighted by molar-refractivity contribution is -0.140. The molecule has 134 valence electrons. The number of nitriles is 1. The third-order valence-corrected chi connectivity index (χ3v) is 5.17. The molecule has 6 nitrogen and oxygen atoms in total. The molecule has 1 heterocycles. The van der Waals surface area contributed by atoms with Gasteiger partial charge in [0.1, 0.15) is 5.75 Å². The van der Waals surface area contributed by atoms with Gasteiger partial charge in [-0.1, -0.05) is 34.6 Å². The highest BCUT2D eigenvalue weighted by atomic mass is 79.9. The number of halogens is 1. The van der Waals surface area contributed by atoms with Gasteiger partial charge in [0.2, 0.25) is 6.19 Å². The Bertz CT molecular complexity index is 652. The zero-order valence-electron chi connectivity index (χ0n) is 14.3. The first kappa shape index (κ1) is 19.6. The average molecular weight is 425 g/mol. The molecule has 0 radical (unpaired) electrons. The van der Waals surface area contributed by atoms with E-state index in [9.17, 15) is 4.79 Å². The average Bonchev–Trinajstić information content (AvgIpc) is 2.65. The van der Waals surface area contributed by atoms with Gasteiger partial charge < -0.3 is 14.5 Å². The normalized spacial score (nSPS) is 16.3. The number of carbonyl (C=O) groups is 1. The van der Waals surface area contributed by atoms with E-state index < -0.39 is 6.10 Å². The van der Waals surface area contributed by atoms with E-state index in [1.165, 1.54) is 11.8 Å². The maximum Gasteiger partial charge on any atom is 0.263 e. The van der Waals surface area contributed by atoms with E-state index >= 15 is 0 Å². The molecule has 1 amide bonds. The highest BCUT2D eigenvalue weighted by Crippen LogP contribution is 2.19. The molecule has 1 atom stereocenters. The Labute approximate surface area is 161 Å². The third kappa shape index (κ3) is 5.38. The van der Waals surface area contributed by atoms with E-state index in [1.54, 1.807) is 0 Å². The number of rotatable bonds is 4. The Morgan fingerprint density at radius 2 is 1.92 bits per heavy atom. The number of nitrogens with zero attached hydrogens (tertiary/aromatic N) is 4. The maximum absolute atomic E-state index is 12.8. The minimum absolute atomic E-state index is 0.00740. The summed E-state index contributed by atoms with van der Waals surface area (Å²) in [4.78, 5) is 20.5. The highest BCUT2D eigenvalue weighted by molar-refractivity contribution is 9.10. The number of piperazine rings is 1. The summed E-state index contributed by atoms with van der Waals surface area (Å²) < 4.78 is 6.84. The minimum atomic E-state index is -0.486. The number of benzene rings is 1. The molecule has 1 aromatic carbocycles. The number of hydrogen-bond donors (Lipinski definition) is 0. The molecule has 1 unspecified atom stereocenters. The predicted octanol–water partition coefficient (Wildman–Crippen LogP) is 2.95. The Balaban J connectivity index is 1.94. The molecule has 1 aliphatic heterocycles. The minimum Gasteiger partial charge on any atom is -0.481 e. The number of amidine groups is 1. The summed E-state index contributed by atoms with van der Waals surface area (Å²) in [5, 5.41) is 9.44. The van der Waals surface area contributed by atoms with Crippen LogP contribution in [0.2, 0.25) is 0 Å². The molecular weight excluding hydrogens is 404 g/mol. The topological polar surface area (TPSA) is 68.9 Å². The first-order chi connectivity index (χ1) is 12.1. The van der Waals surface area contributed by atoms with Gasteiger partial charge in [-0.3, -0.25) is 4.79 Å². The van der Waals surface area contributed by atoms with E-state index in [-0.39, 0.29) is 5.91 Å². The molecule has 0 aliphatic carbocycles. The van der Waals surface area contributed by atoms with Crippen LogP contribution in [-0.4, -0.2) is 59.4 Å². The van der Waals surface area contributed by atoms with Crippen molar-refractivity contribution < 1.29 is 9.53 Å². The van der Waals surface area contributed by atoms with Crippen LogP contribution in [-0.2, 0) is 4.79 Å². The fourth-order valence-electron chi connectivity index (χ4n) is 2.60. The van der Waals surface area contributed by atoms with Crippen LogP contribution in [0.5, 0.6) is 5.75 Å². The quantitative estimate of drug-likeness (QED) is 0.422. The summed E-state index contributed by atoms with van der Waals surface area (Å²) in [6, 6.07) is 7.48. The molecule has 1 aromatic rings. The molecule has 0 N–H and O–H groups in total. The van der Waals surface area contributed by atoms with Crippen molar-refractivity contribution in [2.75, 3.05) is 32.4 Å². The smallest absolute Gasteiger partial charge is 0.263 e. The standard InChI is InChI=1S/C17H21BrN4O2S/c1-3-15(24-14-6-4-13(18)5-7-14)16(23)21-8-10-22(11-9-21)17(25-2)20-12-19/h4-7,15H,3,8-11H2,1-2H3/b20-17-. The lowest BCUT2D eigenvalue weighted by Crippen LogP contribution is -2.53. The molecule has 0 bridgehead atoms. The highest BCUT2D eigenvalue weighted by Gasteiger charge is 2.28. The number of ether oxygens (including phenoxy) is 1. The van der Waals surface area contributed by atoms with Gasteiger partial charge in [0.25, 0.3) is 5.91 Å². The van der Waals surface area contributed by atoms with Gasteiger partial charge in [-0.25, -0.2) is 0 Å². The summed E-state index contributed by atoms with van der Waals surface area (Å²) in [5.41, 5.74) is 0. The van der Waals surface area contributed by atoms with Crippen molar-refractivity contribution in [3.8, 4) is 11.9 Å². The van der Waals surface area contributed by atoms with Crippen LogP contribution in [0.3, 0.4) is 0 Å². The molecule has 0 saturated carbocycles. The number of carbonyl (C=O) groups excluding carboxylic acids is 1. The molecule has 0 aromatic heterocycles. The van der Waals surface area contributed by atoms with Gasteiger partial charge in [0.05, 0.1) is 0 Å².